The van der Waals surface area contributed by atoms with Crippen molar-refractivity contribution in [3.63, 3.8) is 0 Å². The number of carbonyl (C=O) groups is 1. The summed E-state index contributed by atoms with van der Waals surface area (Å²) in [7, 11) is -5.62. The van der Waals surface area contributed by atoms with Crippen molar-refractivity contribution in [2.24, 2.45) is 0 Å². The molecule has 1 aromatic carbocycles. The van der Waals surface area contributed by atoms with Crippen molar-refractivity contribution in [3.05, 3.63) is 29.8 Å². The molecule has 11 heteroatoms. The van der Waals surface area contributed by atoms with E-state index in [9.17, 15) is 21.6 Å². The Labute approximate surface area is 178 Å². The van der Waals surface area contributed by atoms with Crippen LogP contribution in [0, 0.1) is 0 Å². The molecule has 1 N–H and O–H groups in total. The molecule has 2 aliphatic rings. The first kappa shape index (κ1) is 23.1. The average molecular weight is 460 g/mol. The van der Waals surface area contributed by atoms with Gasteiger partial charge < -0.3 is 10.1 Å². The first-order chi connectivity index (χ1) is 14.2. The summed E-state index contributed by atoms with van der Waals surface area (Å²) in [5.74, 6) is -0.453. The van der Waals surface area contributed by atoms with E-state index in [-0.39, 0.29) is 28.9 Å². The van der Waals surface area contributed by atoms with E-state index in [0.717, 1.165) is 19.6 Å². The number of hydrogen-bond donors (Lipinski definition) is 1. The van der Waals surface area contributed by atoms with Crippen LogP contribution in [-0.4, -0.2) is 95.9 Å². The molecular formula is C19H29N3O6S2. The third kappa shape index (κ3) is 5.58. The topological polar surface area (TPSA) is 113 Å². The van der Waals surface area contributed by atoms with Crippen molar-refractivity contribution in [3.8, 4) is 0 Å². The number of nitrogens with one attached hydrogen (secondary N) is 1. The van der Waals surface area contributed by atoms with Crippen molar-refractivity contribution in [2.75, 3.05) is 57.9 Å². The van der Waals surface area contributed by atoms with Crippen LogP contribution in [0.4, 0.5) is 0 Å². The van der Waals surface area contributed by atoms with E-state index >= 15 is 0 Å². The van der Waals surface area contributed by atoms with Crippen LogP contribution >= 0.6 is 0 Å². The van der Waals surface area contributed by atoms with Crippen LogP contribution in [0.25, 0.3) is 0 Å². The van der Waals surface area contributed by atoms with E-state index in [1.165, 1.54) is 35.6 Å². The Morgan fingerprint density at radius 3 is 2.47 bits per heavy atom. The summed E-state index contributed by atoms with van der Waals surface area (Å²) in [5.41, 5.74) is 0.360. The van der Waals surface area contributed by atoms with E-state index in [1.54, 1.807) is 0 Å². The zero-order chi connectivity index (χ0) is 21.8. The number of amides is 1. The van der Waals surface area contributed by atoms with Crippen molar-refractivity contribution >= 4 is 25.8 Å². The number of benzene rings is 1. The van der Waals surface area contributed by atoms with Crippen molar-refractivity contribution in [1.29, 1.82) is 0 Å². The highest BCUT2D eigenvalue weighted by atomic mass is 32.2. The van der Waals surface area contributed by atoms with E-state index < -0.39 is 25.9 Å². The molecule has 0 aromatic heterocycles. The predicted molar refractivity (Wildman–Crippen MR) is 113 cm³/mol. The van der Waals surface area contributed by atoms with Crippen LogP contribution in [0.3, 0.4) is 0 Å². The quantitative estimate of drug-likeness (QED) is 0.580. The molecule has 0 saturated carbocycles. The summed E-state index contributed by atoms with van der Waals surface area (Å²) in [6, 6.07) is 5.16. The molecule has 2 saturated heterocycles. The number of morpholine rings is 1. The summed E-state index contributed by atoms with van der Waals surface area (Å²) >= 11 is 0. The van der Waals surface area contributed by atoms with Gasteiger partial charge in [0.1, 0.15) is 0 Å². The fraction of sp³-hybridized carbons (Fsp3) is 0.632. The summed E-state index contributed by atoms with van der Waals surface area (Å²) in [6.07, 6.45) is 0.904. The van der Waals surface area contributed by atoms with Crippen LogP contribution in [0.1, 0.15) is 23.2 Å². The lowest BCUT2D eigenvalue weighted by Gasteiger charge is -2.30. The van der Waals surface area contributed by atoms with Gasteiger partial charge in [-0.3, -0.25) is 9.69 Å². The Hall–Kier alpha value is -1.53. The van der Waals surface area contributed by atoms with E-state index in [4.69, 9.17) is 4.74 Å². The molecule has 168 valence electrons. The van der Waals surface area contributed by atoms with E-state index in [2.05, 4.69) is 10.2 Å². The number of ether oxygens (including phenoxy) is 1. The monoisotopic (exact) mass is 459 g/mol. The Kier molecular flexibility index (Phi) is 7.51. The molecule has 0 bridgehead atoms. The Morgan fingerprint density at radius 1 is 1.23 bits per heavy atom. The third-order valence-corrected chi connectivity index (χ3v) is 9.24. The first-order valence-electron chi connectivity index (χ1n) is 10.1. The Balaban J connectivity index is 1.77. The molecule has 30 heavy (non-hydrogen) atoms. The minimum atomic E-state index is -3.89. The molecule has 1 amide bonds. The third-order valence-electron chi connectivity index (χ3n) is 5.52. The zero-order valence-corrected chi connectivity index (χ0v) is 18.8. The highest BCUT2D eigenvalue weighted by Crippen LogP contribution is 2.25. The van der Waals surface area contributed by atoms with Crippen LogP contribution in [0.2, 0.25) is 0 Å². The van der Waals surface area contributed by atoms with Gasteiger partial charge >= 0.3 is 0 Å². The molecular weight excluding hydrogens is 430 g/mol. The number of carbonyl (C=O) groups excluding carboxylic acids is 1. The van der Waals surface area contributed by atoms with Crippen molar-refractivity contribution in [1.82, 2.24) is 14.5 Å². The maximum Gasteiger partial charge on any atom is 0.251 e. The number of sulfone groups is 1. The minimum absolute atomic E-state index is 0.00274. The highest BCUT2D eigenvalue weighted by molar-refractivity contribution is 7.92. The Bertz CT molecular complexity index is 941. The normalized spacial score (nSPS) is 22.3. The van der Waals surface area contributed by atoms with Crippen LogP contribution in [0.5, 0.6) is 0 Å². The molecule has 1 unspecified atom stereocenters. The van der Waals surface area contributed by atoms with E-state index in [0.29, 0.717) is 31.6 Å². The van der Waals surface area contributed by atoms with E-state index in [1.807, 2.05) is 0 Å². The molecule has 1 aromatic rings. The fourth-order valence-corrected chi connectivity index (χ4v) is 7.35. The Morgan fingerprint density at radius 2 is 1.90 bits per heavy atom. The molecule has 3 rings (SSSR count). The zero-order valence-electron chi connectivity index (χ0n) is 17.1. The molecule has 1 atom stereocenters. The SMILES string of the molecule is CNC(=O)c1ccc(S(=O)(=O)N(CCCN2CCOCC2)C2CCS(=O)(=O)C2)cc1. The molecule has 0 spiro atoms. The summed E-state index contributed by atoms with van der Waals surface area (Å²) in [4.78, 5) is 14.0. The lowest BCUT2D eigenvalue weighted by molar-refractivity contribution is 0.0367. The van der Waals surface area contributed by atoms with Gasteiger partial charge in [-0.05, 0) is 43.7 Å². The van der Waals surface area contributed by atoms with Gasteiger partial charge in [-0.15, -0.1) is 0 Å². The molecule has 9 nitrogen and oxygen atoms in total. The molecule has 0 aliphatic carbocycles. The van der Waals surface area contributed by atoms with Gasteiger partial charge in [-0.25, -0.2) is 16.8 Å². The molecule has 0 radical (unpaired) electrons. The molecule has 2 fully saturated rings. The smallest absolute Gasteiger partial charge is 0.251 e. The maximum atomic E-state index is 13.4. The molecule has 2 aliphatic heterocycles. The molecule has 2 heterocycles. The van der Waals surface area contributed by atoms with Crippen molar-refractivity contribution < 1.29 is 26.4 Å². The fourth-order valence-electron chi connectivity index (χ4n) is 3.83. The van der Waals surface area contributed by atoms with Gasteiger partial charge in [0.05, 0.1) is 29.6 Å². The minimum Gasteiger partial charge on any atom is -0.379 e. The van der Waals surface area contributed by atoms with Crippen molar-refractivity contribution in [2.45, 2.75) is 23.8 Å². The number of hydrogen-bond acceptors (Lipinski definition) is 7. The van der Waals surface area contributed by atoms with Crippen LogP contribution in [0.15, 0.2) is 29.2 Å². The summed E-state index contributed by atoms with van der Waals surface area (Å²) in [5, 5.41) is 2.50. The van der Waals surface area contributed by atoms with Gasteiger partial charge in [-0.2, -0.15) is 4.31 Å². The van der Waals surface area contributed by atoms with Crippen LogP contribution in [-0.2, 0) is 24.6 Å². The standard InChI is InChI=1S/C19H29N3O6S2/c1-20-19(23)16-3-5-18(6-4-16)30(26,27)22(17-7-14-29(24,25)15-17)9-2-8-21-10-12-28-13-11-21/h3-6,17H,2,7-15H2,1H3,(H,20,23). The highest BCUT2D eigenvalue weighted by Gasteiger charge is 2.38. The largest absolute Gasteiger partial charge is 0.379 e. The predicted octanol–water partition coefficient (Wildman–Crippen LogP) is -0.0537. The average Bonchev–Trinajstić information content (AvgIpc) is 3.10. The first-order valence-corrected chi connectivity index (χ1v) is 13.3. The number of rotatable bonds is 8. The second kappa shape index (κ2) is 9.73. The number of sulfonamides is 1. The summed E-state index contributed by atoms with van der Waals surface area (Å²) in [6.45, 7) is 3.93. The van der Waals surface area contributed by atoms with Gasteiger partial charge in [0, 0.05) is 38.3 Å². The lowest BCUT2D eigenvalue weighted by atomic mass is 10.2. The van der Waals surface area contributed by atoms with Gasteiger partial charge in [-0.1, -0.05) is 0 Å². The van der Waals surface area contributed by atoms with Crippen LogP contribution < -0.4 is 5.32 Å². The maximum absolute atomic E-state index is 13.4. The number of nitrogens with zero attached hydrogens (tertiary/aromatic N) is 2. The van der Waals surface area contributed by atoms with Gasteiger partial charge in [0.2, 0.25) is 10.0 Å². The second-order valence-corrected chi connectivity index (χ2v) is 11.7. The van der Waals surface area contributed by atoms with Gasteiger partial charge in [0.25, 0.3) is 5.91 Å². The lowest BCUT2D eigenvalue weighted by Crippen LogP contribution is -2.43. The van der Waals surface area contributed by atoms with Gasteiger partial charge in [0.15, 0.2) is 9.84 Å². The second-order valence-electron chi connectivity index (χ2n) is 7.58. The summed E-state index contributed by atoms with van der Waals surface area (Å²) < 4.78 is 57.4.